The number of fused-ring (bicyclic) bond motifs is 5. The molecule has 5 aliphatic heterocycles. The second kappa shape index (κ2) is 11.2. The molecule has 3 atom stereocenters. The predicted molar refractivity (Wildman–Crippen MR) is 165 cm³/mol. The minimum absolute atomic E-state index is 0.0280. The van der Waals surface area contributed by atoms with E-state index in [9.17, 15) is 4.39 Å². The molecule has 9 nitrogen and oxygen atoms in total. The Morgan fingerprint density at radius 2 is 1.96 bits per heavy atom. The van der Waals surface area contributed by atoms with E-state index >= 15 is 8.78 Å². The van der Waals surface area contributed by atoms with Gasteiger partial charge in [0, 0.05) is 44.2 Å². The molecule has 45 heavy (non-hydrogen) atoms. The molecule has 12 heteroatoms. The molecule has 0 amide bonds. The molecule has 0 radical (unpaired) electrons. The van der Waals surface area contributed by atoms with Crippen molar-refractivity contribution in [1.29, 1.82) is 0 Å². The largest absolute Gasteiger partial charge is 0.461 e. The first-order chi connectivity index (χ1) is 21.9. The molecule has 5 aliphatic rings. The molecular weight excluding hydrogens is 583 g/mol. The standard InChI is InChI=1S/C33H36F3N7O2/c34-20-14-33(9-4-11-43(33)16-20)18-45-32-40-28-23-15-38-30(27(28)36)29-26-19(13-25(37)39-29)7-8-24(35)22(26)6-3-12-44-21-5-1-2-10-42(17-21)31(23)41-32/h7-8,13,15,20-21H,1-6,9-12,14,16-18H2,(H2,37,39)/t20-,21-,33?/m1/s1. The van der Waals surface area contributed by atoms with Gasteiger partial charge in [0.05, 0.1) is 17.0 Å². The number of pyridine rings is 2. The van der Waals surface area contributed by atoms with E-state index in [4.69, 9.17) is 20.2 Å². The average molecular weight is 620 g/mol. The fraction of sp³-hybridized carbons (Fsp3) is 0.515. The van der Waals surface area contributed by atoms with Crippen molar-refractivity contribution in [2.75, 3.05) is 50.0 Å². The molecule has 1 unspecified atom stereocenters. The van der Waals surface area contributed by atoms with E-state index < -0.39 is 23.3 Å². The SMILES string of the molecule is Nc1cc2ccc(F)c3c2c(n1)-c1ncc2c(nc(OCC45CCCN4C[C@H](F)C5)nc2c1F)N1CCCC[C@H](C1)OCCC3. The molecule has 4 aromatic rings. The van der Waals surface area contributed by atoms with Crippen LogP contribution in [0.3, 0.4) is 0 Å². The van der Waals surface area contributed by atoms with Crippen molar-refractivity contribution < 1.29 is 22.6 Å². The molecule has 9 rings (SSSR count). The first kappa shape index (κ1) is 28.7. The summed E-state index contributed by atoms with van der Waals surface area (Å²) in [6.07, 6.45) is 6.50. The van der Waals surface area contributed by atoms with Crippen LogP contribution in [0.5, 0.6) is 6.01 Å². The Balaban J connectivity index is 1.31. The summed E-state index contributed by atoms with van der Waals surface area (Å²) in [7, 11) is 0. The maximum Gasteiger partial charge on any atom is 0.319 e. The van der Waals surface area contributed by atoms with Gasteiger partial charge in [-0.25, -0.2) is 18.2 Å². The Bertz CT molecular complexity index is 1790. The number of hydrogen-bond acceptors (Lipinski definition) is 9. The lowest BCUT2D eigenvalue weighted by Gasteiger charge is -2.31. The maximum absolute atomic E-state index is 16.9. The van der Waals surface area contributed by atoms with Crippen LogP contribution in [0.4, 0.5) is 24.8 Å². The lowest BCUT2D eigenvalue weighted by Crippen LogP contribution is -2.43. The predicted octanol–water partition coefficient (Wildman–Crippen LogP) is 5.38. The lowest BCUT2D eigenvalue weighted by molar-refractivity contribution is 0.0526. The fourth-order valence-electron chi connectivity index (χ4n) is 7.90. The number of nitrogens with two attached hydrogens (primary N) is 1. The lowest BCUT2D eigenvalue weighted by atomic mass is 9.95. The Labute approximate surface area is 258 Å². The Hall–Kier alpha value is -3.77. The van der Waals surface area contributed by atoms with Crippen molar-refractivity contribution in [3.8, 4) is 17.4 Å². The Kier molecular flexibility index (Phi) is 7.16. The zero-order valence-electron chi connectivity index (χ0n) is 25.1. The van der Waals surface area contributed by atoms with Gasteiger partial charge in [-0.05, 0) is 74.6 Å². The van der Waals surface area contributed by atoms with Crippen LogP contribution in [-0.4, -0.2) is 82.0 Å². The highest BCUT2D eigenvalue weighted by Crippen LogP contribution is 2.41. The van der Waals surface area contributed by atoms with Gasteiger partial charge in [0.25, 0.3) is 0 Å². The summed E-state index contributed by atoms with van der Waals surface area (Å²) in [6, 6.07) is 4.73. The van der Waals surface area contributed by atoms with Crippen LogP contribution in [0.25, 0.3) is 33.1 Å². The van der Waals surface area contributed by atoms with Crippen molar-refractivity contribution in [1.82, 2.24) is 24.8 Å². The molecule has 0 spiro atoms. The number of anilines is 2. The van der Waals surface area contributed by atoms with Crippen molar-refractivity contribution >= 4 is 33.3 Å². The van der Waals surface area contributed by atoms with E-state index in [-0.39, 0.29) is 41.4 Å². The van der Waals surface area contributed by atoms with Gasteiger partial charge in [-0.2, -0.15) is 9.97 Å². The topological polar surface area (TPSA) is 103 Å². The van der Waals surface area contributed by atoms with Crippen LogP contribution in [0.15, 0.2) is 24.4 Å². The van der Waals surface area contributed by atoms with Crippen LogP contribution in [-0.2, 0) is 11.2 Å². The average Bonchev–Trinajstić information content (AvgIpc) is 3.44. The van der Waals surface area contributed by atoms with Gasteiger partial charge in [-0.1, -0.05) is 6.07 Å². The number of alkyl halides is 1. The van der Waals surface area contributed by atoms with Gasteiger partial charge in [0.15, 0.2) is 5.82 Å². The van der Waals surface area contributed by atoms with Crippen molar-refractivity contribution in [2.45, 2.75) is 69.2 Å². The Morgan fingerprint density at radius 1 is 1.04 bits per heavy atom. The monoisotopic (exact) mass is 619 g/mol. The van der Waals surface area contributed by atoms with E-state index in [2.05, 4.69) is 24.8 Å². The van der Waals surface area contributed by atoms with Crippen molar-refractivity contribution in [2.24, 2.45) is 0 Å². The quantitative estimate of drug-likeness (QED) is 0.324. The summed E-state index contributed by atoms with van der Waals surface area (Å²) in [5, 5.41) is 1.55. The van der Waals surface area contributed by atoms with Gasteiger partial charge in [-0.15, -0.1) is 0 Å². The molecular formula is C33H36F3N7O2. The highest BCUT2D eigenvalue weighted by molar-refractivity contribution is 6.00. The van der Waals surface area contributed by atoms with Crippen LogP contribution in [0.2, 0.25) is 0 Å². The number of aryl methyl sites for hydroxylation is 1. The minimum Gasteiger partial charge on any atom is -0.461 e. The maximum atomic E-state index is 16.9. The number of aromatic nitrogens is 4. The molecule has 3 saturated heterocycles. The van der Waals surface area contributed by atoms with Crippen molar-refractivity contribution in [3.63, 3.8) is 0 Å². The molecule has 236 valence electrons. The van der Waals surface area contributed by atoms with Gasteiger partial charge in [-0.3, -0.25) is 9.88 Å². The molecule has 2 N–H and O–H groups in total. The molecule has 8 heterocycles. The van der Waals surface area contributed by atoms with Crippen LogP contribution in [0, 0.1) is 11.6 Å². The normalized spacial score (nSPS) is 25.4. The van der Waals surface area contributed by atoms with Gasteiger partial charge >= 0.3 is 6.01 Å². The summed E-state index contributed by atoms with van der Waals surface area (Å²) < 4.78 is 59.4. The highest BCUT2D eigenvalue weighted by atomic mass is 19.1. The summed E-state index contributed by atoms with van der Waals surface area (Å²) in [5.74, 6) is -0.418. The number of benzene rings is 1. The third-order valence-electron chi connectivity index (χ3n) is 10.0. The summed E-state index contributed by atoms with van der Waals surface area (Å²) >= 11 is 0. The first-order valence-electron chi connectivity index (χ1n) is 16.0. The third kappa shape index (κ3) is 5.02. The second-order valence-corrected chi connectivity index (χ2v) is 12.9. The zero-order valence-corrected chi connectivity index (χ0v) is 25.1. The summed E-state index contributed by atoms with van der Waals surface area (Å²) in [5.41, 5.74) is 6.31. The van der Waals surface area contributed by atoms with Gasteiger partial charge < -0.3 is 20.1 Å². The molecule has 3 aromatic heterocycles. The van der Waals surface area contributed by atoms with Crippen LogP contribution >= 0.6 is 0 Å². The number of halogens is 3. The summed E-state index contributed by atoms with van der Waals surface area (Å²) in [4.78, 5) is 22.7. The van der Waals surface area contributed by atoms with Gasteiger partial charge in [0.2, 0.25) is 0 Å². The molecule has 0 aliphatic carbocycles. The minimum atomic E-state index is -0.903. The molecule has 3 fully saturated rings. The number of hydrogen-bond donors (Lipinski definition) is 1. The summed E-state index contributed by atoms with van der Waals surface area (Å²) in [6.45, 7) is 3.15. The molecule has 0 saturated carbocycles. The number of nitrogen functional groups attached to an aromatic ring is 1. The number of ether oxygens (including phenoxy) is 2. The fourth-order valence-corrected chi connectivity index (χ4v) is 7.90. The molecule has 1 aromatic carbocycles. The highest BCUT2D eigenvalue weighted by Gasteiger charge is 2.49. The second-order valence-electron chi connectivity index (χ2n) is 12.9. The first-order valence-corrected chi connectivity index (χ1v) is 16.0. The smallest absolute Gasteiger partial charge is 0.319 e. The van der Waals surface area contributed by atoms with Crippen LogP contribution in [0.1, 0.15) is 50.5 Å². The zero-order chi connectivity index (χ0) is 30.7. The molecule has 6 bridgehead atoms. The van der Waals surface area contributed by atoms with E-state index in [1.54, 1.807) is 18.3 Å². The number of rotatable bonds is 3. The van der Waals surface area contributed by atoms with E-state index in [0.717, 1.165) is 38.6 Å². The number of nitrogens with zero attached hydrogens (tertiary/aromatic N) is 6. The van der Waals surface area contributed by atoms with E-state index in [1.807, 2.05) is 0 Å². The third-order valence-corrected chi connectivity index (χ3v) is 10.0. The van der Waals surface area contributed by atoms with Gasteiger partial charge in [0.1, 0.15) is 47.1 Å². The van der Waals surface area contributed by atoms with E-state index in [1.165, 1.54) is 6.07 Å². The Morgan fingerprint density at radius 3 is 2.87 bits per heavy atom. The van der Waals surface area contributed by atoms with Crippen LogP contribution < -0.4 is 15.4 Å². The van der Waals surface area contributed by atoms with Crippen molar-refractivity contribution in [3.05, 3.63) is 41.6 Å². The van der Waals surface area contributed by atoms with E-state index in [0.29, 0.717) is 73.0 Å².